The molecule has 0 radical (unpaired) electrons. The van der Waals surface area contributed by atoms with Gasteiger partial charge in [0, 0.05) is 27.6 Å². The highest BCUT2D eigenvalue weighted by atomic mass is 16.3. The van der Waals surface area contributed by atoms with E-state index in [0.29, 0.717) is 0 Å². The molecule has 1 aliphatic carbocycles. The molecule has 7 aromatic rings. The minimum Gasteiger partial charge on any atom is -0.454 e. The fraction of sp³-hybridized carbons (Fsp3) is 0.234. The molecule has 2 nitrogen and oxygen atoms in total. The van der Waals surface area contributed by atoms with Crippen LogP contribution < -0.4 is 4.90 Å². The first-order chi connectivity index (χ1) is 23.3. The molecule has 0 aliphatic heterocycles. The van der Waals surface area contributed by atoms with Crippen molar-refractivity contribution in [3.05, 3.63) is 150 Å². The first kappa shape index (κ1) is 31.2. The van der Waals surface area contributed by atoms with Gasteiger partial charge < -0.3 is 9.32 Å². The summed E-state index contributed by atoms with van der Waals surface area (Å²) in [5.74, 6) is 0. The normalized spacial score (nSPS) is 13.9. The predicted octanol–water partition coefficient (Wildman–Crippen LogP) is 13.6. The van der Waals surface area contributed by atoms with Crippen LogP contribution in [0.2, 0.25) is 0 Å². The van der Waals surface area contributed by atoms with Crippen molar-refractivity contribution >= 4 is 39.0 Å². The van der Waals surface area contributed by atoms with E-state index in [0.717, 1.165) is 33.6 Å². The van der Waals surface area contributed by atoms with Gasteiger partial charge in [-0.1, -0.05) is 146 Å². The van der Waals surface area contributed by atoms with Gasteiger partial charge in [-0.15, -0.1) is 0 Å². The Bertz CT molecular complexity index is 2380. The Morgan fingerprint density at radius 3 is 1.98 bits per heavy atom. The number of benzene rings is 6. The van der Waals surface area contributed by atoms with Gasteiger partial charge in [0.15, 0.2) is 5.58 Å². The maximum absolute atomic E-state index is 7.04. The fourth-order valence-electron chi connectivity index (χ4n) is 7.83. The Morgan fingerprint density at radius 2 is 1.22 bits per heavy atom. The van der Waals surface area contributed by atoms with Gasteiger partial charge in [-0.05, 0) is 91.7 Å². The second-order valence-corrected chi connectivity index (χ2v) is 16.3. The Hall–Kier alpha value is -5.08. The van der Waals surface area contributed by atoms with Crippen LogP contribution in [-0.4, -0.2) is 0 Å². The lowest BCUT2D eigenvalue weighted by Crippen LogP contribution is -2.16. The largest absolute Gasteiger partial charge is 0.454 e. The van der Waals surface area contributed by atoms with E-state index in [1.165, 1.54) is 49.9 Å². The SMILES string of the molecule is CC(C)(C)c1cc(C(C)(C)C)c2c(c1)oc1c(N(c3cccc(-c4ccccc4)c3)c3ccc4c(c3)C(C)(C)c3ccccc3-4)cccc12. The molecular formula is C47H45NO. The molecule has 0 atom stereocenters. The highest BCUT2D eigenvalue weighted by Gasteiger charge is 2.36. The molecule has 0 bridgehead atoms. The van der Waals surface area contributed by atoms with Gasteiger partial charge in [0.1, 0.15) is 5.58 Å². The summed E-state index contributed by atoms with van der Waals surface area (Å²) in [7, 11) is 0. The van der Waals surface area contributed by atoms with Crippen LogP contribution in [0.5, 0.6) is 0 Å². The van der Waals surface area contributed by atoms with Crippen molar-refractivity contribution in [2.24, 2.45) is 0 Å². The van der Waals surface area contributed by atoms with Crippen LogP contribution in [0.25, 0.3) is 44.2 Å². The number of nitrogens with zero attached hydrogens (tertiary/aromatic N) is 1. The standard InChI is InChI=1S/C47H45NO/c1-45(2,3)32-27-40(46(4,5)6)43-37-21-15-23-41(44(37)49-42(43)28-32)48(33-19-14-18-31(26-33)30-16-10-9-11-17-30)34-24-25-36-35-20-12-13-22-38(35)47(7,8)39(36)29-34/h9-29H,1-8H3. The van der Waals surface area contributed by atoms with E-state index in [-0.39, 0.29) is 16.2 Å². The van der Waals surface area contributed by atoms with Crippen LogP contribution >= 0.6 is 0 Å². The molecule has 1 aromatic heterocycles. The second kappa shape index (κ2) is 11.0. The number of hydrogen-bond acceptors (Lipinski definition) is 2. The van der Waals surface area contributed by atoms with Crippen molar-refractivity contribution < 1.29 is 4.42 Å². The topological polar surface area (TPSA) is 16.4 Å². The number of hydrogen-bond donors (Lipinski definition) is 0. The van der Waals surface area contributed by atoms with Crippen LogP contribution in [0.4, 0.5) is 17.1 Å². The molecule has 0 saturated carbocycles. The monoisotopic (exact) mass is 639 g/mol. The maximum Gasteiger partial charge on any atom is 0.159 e. The van der Waals surface area contributed by atoms with Crippen LogP contribution in [0, 0.1) is 0 Å². The zero-order chi connectivity index (χ0) is 34.3. The van der Waals surface area contributed by atoms with Crippen molar-refractivity contribution in [3.8, 4) is 22.3 Å². The molecule has 1 aliphatic rings. The molecular weight excluding hydrogens is 595 g/mol. The third-order valence-corrected chi connectivity index (χ3v) is 10.5. The third-order valence-electron chi connectivity index (χ3n) is 10.5. The van der Waals surface area contributed by atoms with Crippen LogP contribution in [0.3, 0.4) is 0 Å². The molecule has 49 heavy (non-hydrogen) atoms. The number of anilines is 3. The summed E-state index contributed by atoms with van der Waals surface area (Å²) in [5, 5.41) is 2.36. The van der Waals surface area contributed by atoms with Crippen LogP contribution in [0.15, 0.2) is 132 Å². The molecule has 0 fully saturated rings. The van der Waals surface area contributed by atoms with Crippen LogP contribution in [-0.2, 0) is 16.2 Å². The lowest BCUT2D eigenvalue weighted by molar-refractivity contribution is 0.569. The number of furan rings is 1. The van der Waals surface area contributed by atoms with E-state index in [1.54, 1.807) is 0 Å². The number of rotatable bonds is 4. The zero-order valence-corrected chi connectivity index (χ0v) is 30.0. The number of para-hydroxylation sites is 1. The Morgan fingerprint density at radius 1 is 0.551 bits per heavy atom. The van der Waals surface area contributed by atoms with E-state index in [2.05, 4.69) is 188 Å². The average Bonchev–Trinajstić information content (AvgIpc) is 3.57. The van der Waals surface area contributed by atoms with Gasteiger partial charge >= 0.3 is 0 Å². The molecule has 0 N–H and O–H groups in total. The van der Waals surface area contributed by atoms with Crippen molar-refractivity contribution in [2.45, 2.75) is 71.6 Å². The fourth-order valence-corrected chi connectivity index (χ4v) is 7.83. The van der Waals surface area contributed by atoms with E-state index < -0.39 is 0 Å². The number of fused-ring (bicyclic) bond motifs is 6. The van der Waals surface area contributed by atoms with Crippen molar-refractivity contribution in [2.75, 3.05) is 4.90 Å². The summed E-state index contributed by atoms with van der Waals surface area (Å²) in [6, 6.07) is 46.7. The Balaban J connectivity index is 1.41. The average molecular weight is 640 g/mol. The summed E-state index contributed by atoms with van der Waals surface area (Å²) >= 11 is 0. The van der Waals surface area contributed by atoms with Gasteiger partial charge in [-0.25, -0.2) is 0 Å². The quantitative estimate of drug-likeness (QED) is 0.191. The first-order valence-corrected chi connectivity index (χ1v) is 17.5. The van der Waals surface area contributed by atoms with Gasteiger partial charge in [-0.3, -0.25) is 0 Å². The van der Waals surface area contributed by atoms with Crippen molar-refractivity contribution in [1.29, 1.82) is 0 Å². The minimum atomic E-state index is -0.115. The molecule has 1 heterocycles. The van der Waals surface area contributed by atoms with Gasteiger partial charge in [0.25, 0.3) is 0 Å². The molecule has 0 saturated heterocycles. The zero-order valence-electron chi connectivity index (χ0n) is 30.0. The molecule has 0 unspecified atom stereocenters. The third kappa shape index (κ3) is 5.08. The Labute approximate surface area is 291 Å². The first-order valence-electron chi connectivity index (χ1n) is 17.5. The molecule has 244 valence electrons. The molecule has 8 rings (SSSR count). The van der Waals surface area contributed by atoms with E-state index in [4.69, 9.17) is 4.42 Å². The Kier molecular flexibility index (Phi) is 6.99. The second-order valence-electron chi connectivity index (χ2n) is 16.3. The maximum atomic E-state index is 7.04. The van der Waals surface area contributed by atoms with E-state index in [1.807, 2.05) is 0 Å². The lowest BCUT2D eigenvalue weighted by Gasteiger charge is -2.28. The predicted molar refractivity (Wildman–Crippen MR) is 209 cm³/mol. The smallest absolute Gasteiger partial charge is 0.159 e. The lowest BCUT2D eigenvalue weighted by atomic mass is 9.79. The van der Waals surface area contributed by atoms with Crippen molar-refractivity contribution in [1.82, 2.24) is 0 Å². The molecule has 6 aromatic carbocycles. The summed E-state index contributed by atoms with van der Waals surface area (Å²) in [5.41, 5.74) is 15.3. The van der Waals surface area contributed by atoms with E-state index in [9.17, 15) is 0 Å². The van der Waals surface area contributed by atoms with Gasteiger partial charge in [0.2, 0.25) is 0 Å². The van der Waals surface area contributed by atoms with E-state index >= 15 is 0 Å². The van der Waals surface area contributed by atoms with Gasteiger partial charge in [-0.2, -0.15) is 0 Å². The van der Waals surface area contributed by atoms with Crippen LogP contribution in [0.1, 0.15) is 77.6 Å². The summed E-state index contributed by atoms with van der Waals surface area (Å²) in [6.45, 7) is 18.5. The molecule has 0 spiro atoms. The summed E-state index contributed by atoms with van der Waals surface area (Å²) in [6.07, 6.45) is 0. The van der Waals surface area contributed by atoms with Crippen molar-refractivity contribution in [3.63, 3.8) is 0 Å². The summed E-state index contributed by atoms with van der Waals surface area (Å²) < 4.78 is 7.04. The minimum absolute atomic E-state index is 0.00525. The molecule has 2 heteroatoms. The highest BCUT2D eigenvalue weighted by molar-refractivity contribution is 6.12. The summed E-state index contributed by atoms with van der Waals surface area (Å²) in [4.78, 5) is 2.40. The van der Waals surface area contributed by atoms with Gasteiger partial charge in [0.05, 0.1) is 5.69 Å². The molecule has 0 amide bonds. The highest BCUT2D eigenvalue weighted by Crippen LogP contribution is 2.52.